The summed E-state index contributed by atoms with van der Waals surface area (Å²) < 4.78 is 0. The number of hydrogen-bond donors (Lipinski definition) is 8. The van der Waals surface area contributed by atoms with E-state index < -0.39 is 78.2 Å². The lowest BCUT2D eigenvalue weighted by atomic mass is 10.0. The molecule has 0 aliphatic heterocycles. The topological polar surface area (TPSA) is 250 Å². The second-order valence-corrected chi connectivity index (χ2v) is 14.0. The third-order valence-electron chi connectivity index (χ3n) is 7.55. The van der Waals surface area contributed by atoms with Crippen molar-refractivity contribution in [1.82, 2.24) is 31.5 Å². The van der Waals surface area contributed by atoms with Crippen LogP contribution in [0.25, 0.3) is 0 Å². The molecule has 280 valence electrons. The maximum Gasteiger partial charge on any atom is 0.247 e. The van der Waals surface area contributed by atoms with Crippen LogP contribution in [0.4, 0.5) is 0 Å². The Balaban J connectivity index is 3.20. The summed E-state index contributed by atoms with van der Waals surface area (Å²) in [5, 5.41) is 23.4. The van der Waals surface area contributed by atoms with Crippen molar-refractivity contribution >= 4 is 53.2 Å². The molecule has 5 atom stereocenters. The molecule has 0 aliphatic rings. The molecular weight excluding hydrogens is 666 g/mol. The molecule has 0 fully saturated rings. The Bertz CT molecular complexity index is 1310. The lowest BCUT2D eigenvalue weighted by Crippen LogP contribution is -2.61. The van der Waals surface area contributed by atoms with Crippen molar-refractivity contribution in [3.63, 3.8) is 0 Å². The Labute approximate surface area is 298 Å². The van der Waals surface area contributed by atoms with E-state index in [4.69, 9.17) is 11.5 Å². The van der Waals surface area contributed by atoms with Crippen molar-refractivity contribution in [3.05, 3.63) is 35.9 Å². The molecule has 17 heteroatoms. The molecule has 0 saturated carbocycles. The van der Waals surface area contributed by atoms with Crippen molar-refractivity contribution in [1.29, 1.82) is 0 Å². The van der Waals surface area contributed by atoms with Gasteiger partial charge in [0.2, 0.25) is 35.4 Å². The van der Waals surface area contributed by atoms with Gasteiger partial charge in [-0.3, -0.25) is 33.8 Å². The minimum atomic E-state index is -1.43. The molecule has 16 nitrogen and oxygen atoms in total. The monoisotopic (exact) mass is 721 g/mol. The standard InChI is InChI=1S/C33H55N9O7S/c1-19(2)27(31(48)40-24(17-43)32(49)42(7)26(30(47)36-6)16-22-12-9-8-10-13-22)41-28(45)23(14-11-15-37-33(34)35)39-29(46)25(38-21(5)44)18-50-20(3)4/h8-10,12-13,19-20,23-27,43H,11,14-18H2,1-7H3,(H,36,47)(H,38,44)(H,39,46)(H,40,48)(H,41,45)(H4,34,35,37)/t23-,24-,25-,26-,27-/m0/s1. The molecule has 0 radical (unpaired) electrons. The number of benzene rings is 1. The maximum absolute atomic E-state index is 13.7. The van der Waals surface area contributed by atoms with Crippen LogP contribution in [0.1, 0.15) is 53.0 Å². The average molecular weight is 722 g/mol. The number of nitrogens with zero attached hydrogens (tertiary/aromatic N) is 2. The number of amides is 6. The predicted molar refractivity (Wildman–Crippen MR) is 194 cm³/mol. The van der Waals surface area contributed by atoms with Crippen LogP contribution in [-0.2, 0) is 35.2 Å². The molecule has 0 heterocycles. The van der Waals surface area contributed by atoms with Crippen LogP contribution in [0.3, 0.4) is 0 Å². The van der Waals surface area contributed by atoms with E-state index in [1.165, 1.54) is 37.7 Å². The second kappa shape index (κ2) is 22.4. The summed E-state index contributed by atoms with van der Waals surface area (Å²) >= 11 is 1.46. The third-order valence-corrected chi connectivity index (χ3v) is 8.74. The second-order valence-electron chi connectivity index (χ2n) is 12.4. The Morgan fingerprint density at radius 3 is 1.98 bits per heavy atom. The number of hydrogen-bond acceptors (Lipinski definition) is 9. The van der Waals surface area contributed by atoms with Gasteiger partial charge < -0.3 is 48.1 Å². The van der Waals surface area contributed by atoms with Crippen molar-refractivity contribution in [3.8, 4) is 0 Å². The fraction of sp³-hybridized carbons (Fsp3) is 0.606. The Morgan fingerprint density at radius 2 is 1.46 bits per heavy atom. The van der Waals surface area contributed by atoms with Crippen LogP contribution in [0.15, 0.2) is 35.3 Å². The zero-order valence-electron chi connectivity index (χ0n) is 30.0. The number of nitrogens with one attached hydrogen (secondary N) is 5. The van der Waals surface area contributed by atoms with E-state index in [0.29, 0.717) is 6.42 Å². The van der Waals surface area contributed by atoms with E-state index in [-0.39, 0.29) is 36.3 Å². The Hall–Kier alpha value is -4.38. The van der Waals surface area contributed by atoms with Crippen LogP contribution in [0.5, 0.6) is 0 Å². The number of aliphatic imine (C=N–C) groups is 1. The highest BCUT2D eigenvalue weighted by atomic mass is 32.2. The molecule has 50 heavy (non-hydrogen) atoms. The molecule has 1 aromatic carbocycles. The molecule has 0 saturated heterocycles. The number of rotatable bonds is 21. The predicted octanol–water partition coefficient (Wildman–Crippen LogP) is -1.40. The van der Waals surface area contributed by atoms with E-state index in [1.54, 1.807) is 13.8 Å². The van der Waals surface area contributed by atoms with E-state index >= 15 is 0 Å². The van der Waals surface area contributed by atoms with Crippen LogP contribution >= 0.6 is 11.8 Å². The van der Waals surface area contributed by atoms with Gasteiger partial charge in [0, 0.05) is 39.7 Å². The summed E-state index contributed by atoms with van der Waals surface area (Å²) in [7, 11) is 2.85. The first-order valence-corrected chi connectivity index (χ1v) is 17.5. The fourth-order valence-electron chi connectivity index (χ4n) is 4.81. The van der Waals surface area contributed by atoms with Gasteiger partial charge in [-0.25, -0.2) is 0 Å². The van der Waals surface area contributed by atoms with Crippen molar-refractivity contribution < 1.29 is 33.9 Å². The maximum atomic E-state index is 13.7. The molecule has 1 aromatic rings. The lowest BCUT2D eigenvalue weighted by molar-refractivity contribution is -0.143. The molecule has 0 unspecified atom stereocenters. The van der Waals surface area contributed by atoms with Gasteiger partial charge in [-0.1, -0.05) is 58.0 Å². The summed E-state index contributed by atoms with van der Waals surface area (Å²) in [5.74, 6) is -3.97. The zero-order chi connectivity index (χ0) is 38.0. The van der Waals surface area contributed by atoms with Crippen LogP contribution in [0.2, 0.25) is 0 Å². The summed E-state index contributed by atoms with van der Waals surface area (Å²) in [6.45, 7) is 7.93. The van der Waals surface area contributed by atoms with Gasteiger partial charge in [-0.05, 0) is 29.6 Å². The van der Waals surface area contributed by atoms with Gasteiger partial charge in [0.05, 0.1) is 6.61 Å². The number of likely N-dealkylation sites (N-methyl/N-ethyl adjacent to an activating group) is 2. The number of guanidine groups is 1. The minimum Gasteiger partial charge on any atom is -0.394 e. The number of aliphatic hydroxyl groups is 1. The van der Waals surface area contributed by atoms with E-state index in [1.807, 2.05) is 44.2 Å². The summed E-state index contributed by atoms with van der Waals surface area (Å²) in [4.78, 5) is 83.7. The van der Waals surface area contributed by atoms with Gasteiger partial charge in [0.25, 0.3) is 0 Å². The highest BCUT2D eigenvalue weighted by Crippen LogP contribution is 2.13. The van der Waals surface area contributed by atoms with Crippen molar-refractivity contribution in [2.24, 2.45) is 22.4 Å². The van der Waals surface area contributed by atoms with E-state index in [2.05, 4.69) is 31.6 Å². The molecular formula is C33H55N9O7S. The number of carbonyl (C=O) groups excluding carboxylic acids is 6. The lowest BCUT2D eigenvalue weighted by Gasteiger charge is -2.31. The highest BCUT2D eigenvalue weighted by Gasteiger charge is 2.35. The van der Waals surface area contributed by atoms with Crippen LogP contribution in [0, 0.1) is 5.92 Å². The SMILES string of the molecule is CNC(=O)[C@H](Cc1ccccc1)N(C)C(=O)[C@H](CO)NC(=O)[C@@H](NC(=O)[C@H](CCCN=C(N)N)NC(=O)[C@H](CSC(C)C)NC(C)=O)C(C)C. The largest absolute Gasteiger partial charge is 0.394 e. The molecule has 10 N–H and O–H groups in total. The van der Waals surface area contributed by atoms with Gasteiger partial charge in [0.15, 0.2) is 5.96 Å². The molecule has 0 aliphatic carbocycles. The summed E-state index contributed by atoms with van der Waals surface area (Å²) in [5.41, 5.74) is 11.6. The summed E-state index contributed by atoms with van der Waals surface area (Å²) in [6.07, 6.45) is 0.577. The van der Waals surface area contributed by atoms with Gasteiger partial charge in [0.1, 0.15) is 30.2 Å². The Kier molecular flexibility index (Phi) is 19.5. The first-order chi connectivity index (χ1) is 23.5. The fourth-order valence-corrected chi connectivity index (χ4v) is 5.62. The third kappa shape index (κ3) is 15.4. The number of carbonyl (C=O) groups is 6. The van der Waals surface area contributed by atoms with E-state index in [0.717, 1.165) is 5.56 Å². The van der Waals surface area contributed by atoms with Gasteiger partial charge >= 0.3 is 0 Å². The van der Waals surface area contributed by atoms with Gasteiger partial charge in [-0.15, -0.1) is 0 Å². The molecule has 0 bridgehead atoms. The molecule has 1 rings (SSSR count). The normalized spacial score (nSPS) is 14.0. The molecule has 0 aromatic heterocycles. The zero-order valence-corrected chi connectivity index (χ0v) is 30.8. The highest BCUT2D eigenvalue weighted by molar-refractivity contribution is 7.99. The average Bonchev–Trinajstić information content (AvgIpc) is 3.06. The van der Waals surface area contributed by atoms with Crippen molar-refractivity contribution in [2.75, 3.05) is 33.0 Å². The minimum absolute atomic E-state index is 0.0930. The number of aliphatic hydroxyl groups excluding tert-OH is 1. The van der Waals surface area contributed by atoms with E-state index in [9.17, 15) is 33.9 Å². The van der Waals surface area contributed by atoms with Crippen molar-refractivity contribution in [2.45, 2.75) is 89.3 Å². The summed E-state index contributed by atoms with van der Waals surface area (Å²) in [6, 6.07) is 3.45. The Morgan fingerprint density at radius 1 is 0.860 bits per heavy atom. The van der Waals surface area contributed by atoms with Crippen LogP contribution in [-0.4, -0.2) is 120 Å². The van der Waals surface area contributed by atoms with Crippen LogP contribution < -0.4 is 38.1 Å². The number of thioether (sulfide) groups is 1. The first kappa shape index (κ1) is 43.6. The first-order valence-electron chi connectivity index (χ1n) is 16.5. The molecule has 6 amide bonds. The molecule has 0 spiro atoms. The smallest absolute Gasteiger partial charge is 0.247 e. The quantitative estimate of drug-likeness (QED) is 0.0419. The number of nitrogens with two attached hydrogens (primary N) is 2. The van der Waals surface area contributed by atoms with Gasteiger partial charge in [-0.2, -0.15) is 11.8 Å².